The fourth-order valence-electron chi connectivity index (χ4n) is 2.97. The van der Waals surface area contributed by atoms with Crippen molar-refractivity contribution < 1.29 is 26.0 Å². The Kier molecular flexibility index (Phi) is 4.58. The predicted molar refractivity (Wildman–Crippen MR) is 98.9 cm³/mol. The molecule has 0 spiro atoms. The van der Waals surface area contributed by atoms with Gasteiger partial charge in [-0.1, -0.05) is 12.1 Å². The van der Waals surface area contributed by atoms with E-state index in [4.69, 9.17) is 0 Å². The Balaban J connectivity index is 2.01. The maximum atomic E-state index is 13.7. The second kappa shape index (κ2) is 6.97. The van der Waals surface area contributed by atoms with E-state index >= 15 is 0 Å². The molecule has 3 nitrogen and oxygen atoms in total. The number of rotatable bonds is 3. The molecule has 146 valence electrons. The van der Waals surface area contributed by atoms with E-state index < -0.39 is 43.0 Å². The first-order valence-corrected chi connectivity index (χ1v) is 9.80. The molecule has 4 aromatic rings. The number of aromatic nitrogens is 1. The fraction of sp³-hybridized carbons (Fsp3) is 0. The number of sulfone groups is 1. The number of hydrogen-bond acceptors (Lipinski definition) is 3. The first-order chi connectivity index (χ1) is 13.8. The van der Waals surface area contributed by atoms with E-state index in [2.05, 4.69) is 4.98 Å². The van der Waals surface area contributed by atoms with Crippen LogP contribution >= 0.6 is 0 Å². The summed E-state index contributed by atoms with van der Waals surface area (Å²) in [7, 11) is -4.36. The molecule has 0 amide bonds. The summed E-state index contributed by atoms with van der Waals surface area (Å²) in [5, 5.41) is -0.0953. The van der Waals surface area contributed by atoms with Gasteiger partial charge in [-0.25, -0.2) is 31.0 Å². The van der Waals surface area contributed by atoms with Crippen LogP contribution in [0.15, 0.2) is 76.7 Å². The molecular formula is C21H11F4NO2S. The van der Waals surface area contributed by atoms with Gasteiger partial charge in [0, 0.05) is 11.5 Å². The fourth-order valence-corrected chi connectivity index (χ4v) is 4.21. The van der Waals surface area contributed by atoms with Crippen LogP contribution in [0.2, 0.25) is 0 Å². The molecule has 29 heavy (non-hydrogen) atoms. The molecule has 8 heteroatoms. The molecule has 0 aliphatic carbocycles. The van der Waals surface area contributed by atoms with Crippen LogP contribution in [0.1, 0.15) is 0 Å². The maximum Gasteiger partial charge on any atom is 0.223 e. The number of halogens is 4. The molecule has 1 heterocycles. The van der Waals surface area contributed by atoms with Crippen LogP contribution in [0.3, 0.4) is 0 Å². The number of benzene rings is 3. The molecule has 0 bridgehead atoms. The Morgan fingerprint density at radius 3 is 2.21 bits per heavy atom. The van der Waals surface area contributed by atoms with Crippen molar-refractivity contribution in [2.75, 3.05) is 0 Å². The number of fused-ring (bicyclic) bond motifs is 1. The minimum Gasteiger partial charge on any atom is -0.236 e. The predicted octanol–water partition coefficient (Wildman–Crippen LogP) is 5.29. The number of pyridine rings is 1. The summed E-state index contributed by atoms with van der Waals surface area (Å²) in [6, 6.07) is 12.4. The third-order valence-electron chi connectivity index (χ3n) is 4.36. The van der Waals surface area contributed by atoms with Gasteiger partial charge in [0.05, 0.1) is 10.4 Å². The monoisotopic (exact) mass is 417 g/mol. The van der Waals surface area contributed by atoms with Crippen molar-refractivity contribution in [3.05, 3.63) is 90.0 Å². The van der Waals surface area contributed by atoms with Crippen molar-refractivity contribution in [2.45, 2.75) is 9.92 Å². The van der Waals surface area contributed by atoms with Crippen LogP contribution in [0.4, 0.5) is 17.6 Å². The Bertz CT molecular complexity index is 1370. The lowest BCUT2D eigenvalue weighted by Crippen LogP contribution is -2.06. The van der Waals surface area contributed by atoms with Crippen LogP contribution < -0.4 is 0 Å². The lowest BCUT2D eigenvalue weighted by atomic mass is 10.0. The molecule has 0 aliphatic heterocycles. The molecule has 0 N–H and O–H groups in total. The third-order valence-corrected chi connectivity index (χ3v) is 6.00. The Labute approximate surface area is 163 Å². The van der Waals surface area contributed by atoms with E-state index in [1.54, 1.807) is 6.07 Å². The van der Waals surface area contributed by atoms with Gasteiger partial charge in [-0.15, -0.1) is 0 Å². The second-order valence-electron chi connectivity index (χ2n) is 6.26. The number of hydrogen-bond donors (Lipinski definition) is 0. The molecule has 1 aromatic heterocycles. The highest BCUT2D eigenvalue weighted by Gasteiger charge is 2.23. The van der Waals surface area contributed by atoms with E-state index in [0.29, 0.717) is 28.6 Å². The van der Waals surface area contributed by atoms with Crippen LogP contribution in [0.5, 0.6) is 0 Å². The van der Waals surface area contributed by atoms with Crippen LogP contribution in [-0.4, -0.2) is 13.4 Å². The SMILES string of the molecule is O=S(=O)(c1ccc(F)c(F)c1)c1cc(-c2cccc(F)c2)c2ccc(F)cc2n1. The van der Waals surface area contributed by atoms with E-state index in [9.17, 15) is 26.0 Å². The largest absolute Gasteiger partial charge is 0.236 e. The summed E-state index contributed by atoms with van der Waals surface area (Å²) in [5.41, 5.74) is 0.675. The minimum absolute atomic E-state index is 0.0212. The van der Waals surface area contributed by atoms with E-state index in [0.717, 1.165) is 12.1 Å². The van der Waals surface area contributed by atoms with Crippen LogP contribution in [0.25, 0.3) is 22.0 Å². The summed E-state index contributed by atoms with van der Waals surface area (Å²) in [6.07, 6.45) is 0. The van der Waals surface area contributed by atoms with Gasteiger partial charge in [-0.2, -0.15) is 0 Å². The quantitative estimate of drug-likeness (QED) is 0.336. The summed E-state index contributed by atoms with van der Waals surface area (Å²) in [6.45, 7) is 0. The maximum absolute atomic E-state index is 13.7. The van der Waals surface area contributed by atoms with Gasteiger partial charge < -0.3 is 0 Å². The zero-order valence-electron chi connectivity index (χ0n) is 14.5. The van der Waals surface area contributed by atoms with E-state index in [1.807, 2.05) is 0 Å². The molecule has 0 unspecified atom stereocenters. The second-order valence-corrected chi connectivity index (χ2v) is 8.16. The van der Waals surface area contributed by atoms with Crippen molar-refractivity contribution >= 4 is 20.7 Å². The Morgan fingerprint density at radius 1 is 0.724 bits per heavy atom. The molecular weight excluding hydrogens is 406 g/mol. The highest BCUT2D eigenvalue weighted by molar-refractivity contribution is 7.91. The van der Waals surface area contributed by atoms with Gasteiger partial charge in [0.1, 0.15) is 11.6 Å². The summed E-state index contributed by atoms with van der Waals surface area (Å²) in [4.78, 5) is 3.50. The molecule has 0 saturated heterocycles. The van der Waals surface area contributed by atoms with Gasteiger partial charge in [-0.05, 0) is 59.7 Å². The van der Waals surface area contributed by atoms with Gasteiger partial charge in [0.2, 0.25) is 9.84 Å². The zero-order valence-corrected chi connectivity index (χ0v) is 15.4. The van der Waals surface area contributed by atoms with E-state index in [-0.39, 0.29) is 5.52 Å². The molecule has 0 saturated carbocycles. The average molecular weight is 417 g/mol. The zero-order chi connectivity index (χ0) is 20.8. The molecule has 0 radical (unpaired) electrons. The summed E-state index contributed by atoms with van der Waals surface area (Å²) >= 11 is 0. The molecule has 4 rings (SSSR count). The van der Waals surface area contributed by atoms with Gasteiger partial charge in [0.25, 0.3) is 0 Å². The van der Waals surface area contributed by atoms with Crippen molar-refractivity contribution in [1.29, 1.82) is 0 Å². The topological polar surface area (TPSA) is 47.0 Å². The normalized spacial score (nSPS) is 11.7. The molecule has 0 fully saturated rings. The average Bonchev–Trinajstić information content (AvgIpc) is 2.68. The highest BCUT2D eigenvalue weighted by Crippen LogP contribution is 2.32. The Hall–Kier alpha value is -3.26. The van der Waals surface area contributed by atoms with Crippen molar-refractivity contribution in [2.24, 2.45) is 0 Å². The molecule has 3 aromatic carbocycles. The summed E-state index contributed by atoms with van der Waals surface area (Å²) in [5.74, 6) is -3.71. The van der Waals surface area contributed by atoms with E-state index in [1.165, 1.54) is 36.4 Å². The number of nitrogens with zero attached hydrogens (tertiary/aromatic N) is 1. The Morgan fingerprint density at radius 2 is 1.48 bits per heavy atom. The molecule has 0 aliphatic rings. The van der Waals surface area contributed by atoms with Gasteiger partial charge in [-0.3, -0.25) is 0 Å². The van der Waals surface area contributed by atoms with Gasteiger partial charge >= 0.3 is 0 Å². The highest BCUT2D eigenvalue weighted by atomic mass is 32.2. The minimum atomic E-state index is -4.36. The summed E-state index contributed by atoms with van der Waals surface area (Å²) < 4.78 is 80.2. The third kappa shape index (κ3) is 3.47. The van der Waals surface area contributed by atoms with Crippen molar-refractivity contribution in [3.63, 3.8) is 0 Å². The first-order valence-electron chi connectivity index (χ1n) is 8.32. The molecule has 0 atom stereocenters. The van der Waals surface area contributed by atoms with Crippen molar-refractivity contribution in [1.82, 2.24) is 4.98 Å². The van der Waals surface area contributed by atoms with Crippen LogP contribution in [0, 0.1) is 23.3 Å². The standard InChI is InChI=1S/C21H11F4NO2S/c22-13-3-1-2-12(8-13)17-11-21(26-20-9-14(23)4-6-16(17)20)29(27,28)15-5-7-18(24)19(25)10-15/h1-11H. The van der Waals surface area contributed by atoms with Crippen molar-refractivity contribution in [3.8, 4) is 11.1 Å². The lowest BCUT2D eigenvalue weighted by molar-refractivity contribution is 0.504. The van der Waals surface area contributed by atoms with Gasteiger partial charge in [0.15, 0.2) is 16.7 Å². The smallest absolute Gasteiger partial charge is 0.223 e. The lowest BCUT2D eigenvalue weighted by Gasteiger charge is -2.11. The first kappa shape index (κ1) is 19.1. The van der Waals surface area contributed by atoms with Crippen LogP contribution in [-0.2, 0) is 9.84 Å².